The molecule has 3 aromatic carbocycles. The second kappa shape index (κ2) is 10.4. The summed E-state index contributed by atoms with van der Waals surface area (Å²) in [6, 6.07) is 22.9. The summed E-state index contributed by atoms with van der Waals surface area (Å²) < 4.78 is 17.6. The molecule has 0 bridgehead atoms. The number of hydrogen-bond acceptors (Lipinski definition) is 7. The molecule has 3 aliphatic heterocycles. The zero-order valence-electron chi connectivity index (χ0n) is 22.5. The van der Waals surface area contributed by atoms with Crippen molar-refractivity contribution in [1.29, 1.82) is 0 Å². The molecule has 0 N–H and O–H groups in total. The van der Waals surface area contributed by atoms with Gasteiger partial charge in [0.15, 0.2) is 6.29 Å². The van der Waals surface area contributed by atoms with Gasteiger partial charge >= 0.3 is 5.97 Å². The highest BCUT2D eigenvalue weighted by atomic mass is 16.8. The molecule has 6 rings (SSSR count). The van der Waals surface area contributed by atoms with E-state index in [2.05, 4.69) is 0 Å². The molecule has 0 radical (unpaired) electrons. The summed E-state index contributed by atoms with van der Waals surface area (Å²) in [6.45, 7) is 3.22. The van der Waals surface area contributed by atoms with E-state index in [0.29, 0.717) is 0 Å². The predicted octanol–water partition coefficient (Wildman–Crippen LogP) is 3.80. The third kappa shape index (κ3) is 4.34. The topological polar surface area (TPSA) is 102 Å². The van der Waals surface area contributed by atoms with Gasteiger partial charge in [0.05, 0.1) is 17.2 Å². The van der Waals surface area contributed by atoms with Crippen LogP contribution in [-0.2, 0) is 30.4 Å². The van der Waals surface area contributed by atoms with Gasteiger partial charge in [-0.2, -0.15) is 0 Å². The third-order valence-electron chi connectivity index (χ3n) is 7.66. The van der Waals surface area contributed by atoms with E-state index < -0.39 is 53.9 Å². The van der Waals surface area contributed by atoms with Crippen LogP contribution in [0.2, 0.25) is 0 Å². The highest BCUT2D eigenvalue weighted by molar-refractivity contribution is 6.23. The van der Waals surface area contributed by atoms with Crippen LogP contribution >= 0.6 is 0 Å². The van der Waals surface area contributed by atoms with Gasteiger partial charge in [-0.15, -0.1) is 0 Å². The summed E-state index contributed by atoms with van der Waals surface area (Å²) in [5.41, 5.74) is 0.114. The van der Waals surface area contributed by atoms with Crippen molar-refractivity contribution in [1.82, 2.24) is 9.80 Å². The first-order valence-electron chi connectivity index (χ1n) is 13.4. The van der Waals surface area contributed by atoms with Gasteiger partial charge in [0.25, 0.3) is 23.4 Å². The van der Waals surface area contributed by atoms with Crippen LogP contribution in [0.15, 0.2) is 91.0 Å². The van der Waals surface area contributed by atoms with Gasteiger partial charge in [0.1, 0.15) is 18.8 Å². The molecule has 2 fully saturated rings. The van der Waals surface area contributed by atoms with Crippen molar-refractivity contribution in [2.24, 2.45) is 0 Å². The Labute approximate surface area is 236 Å². The van der Waals surface area contributed by atoms with Crippen molar-refractivity contribution in [2.45, 2.75) is 50.7 Å². The first-order chi connectivity index (χ1) is 19.8. The number of β-lactam (4-membered cyclic amide) rings is 1. The van der Waals surface area contributed by atoms with Crippen LogP contribution in [0.3, 0.4) is 0 Å². The minimum atomic E-state index is -1.94. The van der Waals surface area contributed by atoms with Crippen LogP contribution in [0.25, 0.3) is 6.08 Å². The van der Waals surface area contributed by atoms with Gasteiger partial charge in [-0.1, -0.05) is 84.9 Å². The molecule has 9 nitrogen and oxygen atoms in total. The molecular formula is C32H28N2O7. The Bertz CT molecular complexity index is 1500. The molecule has 2 saturated heterocycles. The molecule has 0 aliphatic carbocycles. The number of imide groups is 1. The summed E-state index contributed by atoms with van der Waals surface area (Å²) in [4.78, 5) is 56.9. The number of ether oxygens (including phenoxy) is 3. The molecule has 3 aromatic rings. The molecule has 41 heavy (non-hydrogen) atoms. The standard InChI is InChI=1S/C32H28N2O7/c1-20-32(41-21(2)40-20,31(38)39-19-23-13-7-4-8-14-23)34-26(18-17-22-11-5-3-6-12-22)27(30(34)37)33-28(35)24-15-9-10-16-25(24)29(33)36/h3-18,20-21,26-27H,19H2,1-2H3/t20?,21?,26-,27+,32?/m1/s1. The Hall–Kier alpha value is -4.60. The predicted molar refractivity (Wildman–Crippen MR) is 147 cm³/mol. The van der Waals surface area contributed by atoms with Crippen LogP contribution in [0.5, 0.6) is 0 Å². The second-order valence-corrected chi connectivity index (χ2v) is 10.2. The largest absolute Gasteiger partial charge is 0.457 e. The quantitative estimate of drug-likeness (QED) is 0.250. The molecule has 3 unspecified atom stereocenters. The number of nitrogens with zero attached hydrogens (tertiary/aromatic N) is 2. The second-order valence-electron chi connectivity index (χ2n) is 10.2. The summed E-state index contributed by atoms with van der Waals surface area (Å²) in [7, 11) is 0. The Balaban J connectivity index is 1.38. The Morgan fingerprint density at radius 1 is 0.878 bits per heavy atom. The lowest BCUT2D eigenvalue weighted by atomic mass is 9.86. The van der Waals surface area contributed by atoms with Gasteiger partial charge in [-0.05, 0) is 37.1 Å². The number of hydrogen-bond donors (Lipinski definition) is 0. The molecule has 0 spiro atoms. The number of benzene rings is 3. The van der Waals surface area contributed by atoms with E-state index in [0.717, 1.165) is 16.0 Å². The lowest BCUT2D eigenvalue weighted by Crippen LogP contribution is -2.80. The lowest BCUT2D eigenvalue weighted by Gasteiger charge is -2.54. The minimum absolute atomic E-state index is 0.0414. The smallest absolute Gasteiger partial charge is 0.363 e. The zero-order valence-corrected chi connectivity index (χ0v) is 22.5. The summed E-state index contributed by atoms with van der Waals surface area (Å²) >= 11 is 0. The van der Waals surface area contributed by atoms with E-state index in [-0.39, 0.29) is 17.7 Å². The fourth-order valence-corrected chi connectivity index (χ4v) is 5.72. The highest BCUT2D eigenvalue weighted by Crippen LogP contribution is 2.44. The number of fused-ring (bicyclic) bond motifs is 1. The van der Waals surface area contributed by atoms with Crippen molar-refractivity contribution in [3.8, 4) is 0 Å². The maximum absolute atomic E-state index is 14.0. The van der Waals surface area contributed by atoms with E-state index in [4.69, 9.17) is 14.2 Å². The average Bonchev–Trinajstić information content (AvgIpc) is 3.42. The molecule has 208 valence electrons. The van der Waals surface area contributed by atoms with Gasteiger partial charge in [-0.25, -0.2) is 4.79 Å². The summed E-state index contributed by atoms with van der Waals surface area (Å²) in [5.74, 6) is -2.55. The number of amides is 3. The van der Waals surface area contributed by atoms with Crippen LogP contribution in [0, 0.1) is 0 Å². The molecule has 9 heteroatoms. The van der Waals surface area contributed by atoms with E-state index >= 15 is 0 Å². The lowest BCUT2D eigenvalue weighted by molar-refractivity contribution is -0.224. The fraction of sp³-hybridized carbons (Fsp3) is 0.250. The molecule has 3 amide bonds. The summed E-state index contributed by atoms with van der Waals surface area (Å²) in [5, 5.41) is 0. The highest BCUT2D eigenvalue weighted by Gasteiger charge is 2.69. The van der Waals surface area contributed by atoms with Crippen LogP contribution < -0.4 is 0 Å². The van der Waals surface area contributed by atoms with Gasteiger partial charge < -0.3 is 14.2 Å². The van der Waals surface area contributed by atoms with Crippen LogP contribution in [-0.4, -0.2) is 63.7 Å². The minimum Gasteiger partial charge on any atom is -0.457 e. The molecule has 3 heterocycles. The summed E-state index contributed by atoms with van der Waals surface area (Å²) in [6.07, 6.45) is 1.76. The Morgan fingerprint density at radius 3 is 2.05 bits per heavy atom. The number of likely N-dealkylation sites (tertiary alicyclic amines) is 1. The first-order valence-corrected chi connectivity index (χ1v) is 13.4. The van der Waals surface area contributed by atoms with Crippen LogP contribution in [0.1, 0.15) is 45.7 Å². The van der Waals surface area contributed by atoms with E-state index in [9.17, 15) is 19.2 Å². The first kappa shape index (κ1) is 26.6. The fourth-order valence-electron chi connectivity index (χ4n) is 5.72. The molecule has 5 atom stereocenters. The Morgan fingerprint density at radius 2 is 1.46 bits per heavy atom. The van der Waals surface area contributed by atoms with Crippen molar-refractivity contribution in [3.05, 3.63) is 113 Å². The van der Waals surface area contributed by atoms with Gasteiger partial charge in [0.2, 0.25) is 0 Å². The van der Waals surface area contributed by atoms with Gasteiger partial charge in [-0.3, -0.25) is 24.2 Å². The number of esters is 1. The van der Waals surface area contributed by atoms with Crippen molar-refractivity contribution in [2.75, 3.05) is 0 Å². The van der Waals surface area contributed by atoms with E-state index in [1.165, 1.54) is 4.90 Å². The number of carbonyl (C=O) groups is 4. The molecular weight excluding hydrogens is 524 g/mol. The van der Waals surface area contributed by atoms with E-state index in [1.807, 2.05) is 60.7 Å². The number of carbonyl (C=O) groups excluding carboxylic acids is 4. The van der Waals surface area contributed by atoms with Crippen molar-refractivity contribution >= 4 is 29.8 Å². The number of rotatable bonds is 7. The molecule has 0 saturated carbocycles. The maximum atomic E-state index is 14.0. The average molecular weight is 553 g/mol. The van der Waals surface area contributed by atoms with Gasteiger partial charge in [0, 0.05) is 0 Å². The zero-order chi connectivity index (χ0) is 28.7. The third-order valence-corrected chi connectivity index (χ3v) is 7.66. The maximum Gasteiger partial charge on any atom is 0.363 e. The molecule has 3 aliphatic rings. The van der Waals surface area contributed by atoms with E-state index in [1.54, 1.807) is 50.3 Å². The van der Waals surface area contributed by atoms with Crippen LogP contribution in [0.4, 0.5) is 0 Å². The molecule has 0 aromatic heterocycles. The normalized spacial score (nSPS) is 27.3. The monoisotopic (exact) mass is 552 g/mol. The SMILES string of the molecule is CC1OC(C)C(C(=O)OCc2ccccc2)(N2C(=O)[C@@H](N3C(=O)c4ccccc4C3=O)[C@H]2C=Cc2ccccc2)O1. The van der Waals surface area contributed by atoms with Crippen molar-refractivity contribution in [3.63, 3.8) is 0 Å². The Kier molecular flexibility index (Phi) is 6.76. The van der Waals surface area contributed by atoms with Crippen molar-refractivity contribution < 1.29 is 33.4 Å².